The zero-order valence-electron chi connectivity index (χ0n) is 16.3. The molecule has 0 N–H and O–H groups in total. The van der Waals surface area contributed by atoms with E-state index in [2.05, 4.69) is 114 Å². The Bertz CT molecular complexity index is 831. The van der Waals surface area contributed by atoms with E-state index < -0.39 is 23.1 Å². The van der Waals surface area contributed by atoms with Crippen LogP contribution in [0.3, 0.4) is 0 Å². The molecule has 0 amide bonds. The first-order valence-corrected chi connectivity index (χ1v) is 15.9. The maximum absolute atomic E-state index is 2.61. The number of allylic oxidation sites excluding steroid dienone is 4. The van der Waals surface area contributed by atoms with Crippen LogP contribution < -0.4 is 15.6 Å². The number of hydrogen-bond donors (Lipinski definition) is 0. The number of hydrogen-bond acceptors (Lipinski definition) is 0. The summed E-state index contributed by atoms with van der Waals surface area (Å²) in [5.41, 5.74) is 0. The fourth-order valence-corrected chi connectivity index (χ4v) is 21.7. The average molecular weight is 497 g/mol. The zero-order valence-corrected chi connectivity index (χ0v) is 21.3. The second kappa shape index (κ2) is 12.0. The Kier molecular flexibility index (Phi) is 10.7. The van der Waals surface area contributed by atoms with Crippen LogP contribution >= 0.6 is 37.2 Å². The van der Waals surface area contributed by atoms with Crippen molar-refractivity contribution in [3.05, 3.63) is 113 Å². The molecular formula is C24H26Cl3SiTi. The first kappa shape index (κ1) is 26.0. The Morgan fingerprint density at radius 1 is 0.621 bits per heavy atom. The summed E-state index contributed by atoms with van der Waals surface area (Å²) in [5.74, 6) is -2.03. The summed E-state index contributed by atoms with van der Waals surface area (Å²) in [6.45, 7) is 0. The Hall–Kier alpha value is -1.06. The predicted molar refractivity (Wildman–Crippen MR) is 133 cm³/mol. The molecule has 0 heterocycles. The van der Waals surface area contributed by atoms with E-state index in [0.717, 1.165) is 6.42 Å². The van der Waals surface area contributed by atoms with Gasteiger partial charge in [0, 0.05) is 0 Å². The standard InChI is InChI=1S/C18H15Si.C5H5.CH3.3ClH.Ti/c1-4-10-16(11-5-1)19(17-12-6-2-7-13-17)18-14-8-3-9-15-18;1-2-4-5-3-1;;;;;/h1-15H;1-3H,4H2;1H3;3*1H;. The third-order valence-corrected chi connectivity index (χ3v) is 22.9. The van der Waals surface area contributed by atoms with Gasteiger partial charge in [0.25, 0.3) is 0 Å². The summed E-state index contributed by atoms with van der Waals surface area (Å²) in [7, 11) is 0. The van der Waals surface area contributed by atoms with Crippen LogP contribution in [0.1, 0.15) is 6.42 Å². The zero-order chi connectivity index (χ0) is 17.8. The van der Waals surface area contributed by atoms with Gasteiger partial charge in [0.05, 0.1) is 0 Å². The van der Waals surface area contributed by atoms with Gasteiger partial charge in [0.15, 0.2) is 0 Å². The van der Waals surface area contributed by atoms with Gasteiger partial charge in [-0.15, -0.1) is 37.2 Å². The third kappa shape index (κ3) is 4.99. The Morgan fingerprint density at radius 2 is 1.00 bits per heavy atom. The van der Waals surface area contributed by atoms with E-state index in [9.17, 15) is 0 Å². The molecule has 0 saturated heterocycles. The Labute approximate surface area is 199 Å². The molecule has 0 unspecified atom stereocenters. The molecule has 3 aromatic carbocycles. The van der Waals surface area contributed by atoms with Crippen LogP contribution in [0, 0.1) is 0 Å². The van der Waals surface area contributed by atoms with Gasteiger partial charge in [-0.1, -0.05) is 0 Å². The van der Waals surface area contributed by atoms with Crippen LogP contribution in [-0.2, 0) is 17.1 Å². The molecule has 0 fully saturated rings. The van der Waals surface area contributed by atoms with Crippen LogP contribution in [0.5, 0.6) is 0 Å². The second-order valence-corrected chi connectivity index (χ2v) is 19.6. The molecule has 0 atom stereocenters. The summed E-state index contributed by atoms with van der Waals surface area (Å²) in [6.07, 6.45) is 8.14. The van der Waals surface area contributed by atoms with E-state index >= 15 is 0 Å². The van der Waals surface area contributed by atoms with Crippen molar-refractivity contribution in [2.45, 2.75) is 11.6 Å². The quantitative estimate of drug-likeness (QED) is 0.326. The van der Waals surface area contributed by atoms with Crippen LogP contribution in [0.4, 0.5) is 0 Å². The molecule has 0 bridgehead atoms. The van der Waals surface area contributed by atoms with E-state index in [-0.39, 0.29) is 37.2 Å². The first-order chi connectivity index (χ1) is 12.8. The molecule has 151 valence electrons. The molecule has 0 radical (unpaired) electrons. The topological polar surface area (TPSA) is 0 Å². The number of benzene rings is 3. The summed E-state index contributed by atoms with van der Waals surface area (Å²) in [5, 5.41) is 7.28. The molecule has 0 aliphatic heterocycles. The molecule has 0 spiro atoms. The summed E-state index contributed by atoms with van der Waals surface area (Å²) >= 11 is -1.60. The van der Waals surface area contributed by atoms with Crippen LogP contribution in [0.15, 0.2) is 113 Å². The minimum absolute atomic E-state index is 0. The van der Waals surface area contributed by atoms with Crippen LogP contribution in [0.25, 0.3) is 0 Å². The summed E-state index contributed by atoms with van der Waals surface area (Å²) in [4.78, 5) is 0. The predicted octanol–water partition coefficient (Wildman–Crippen LogP) is 5.43. The van der Waals surface area contributed by atoms with Gasteiger partial charge in [-0.25, -0.2) is 0 Å². The molecule has 5 heteroatoms. The monoisotopic (exact) mass is 495 g/mol. The second-order valence-electron chi connectivity index (χ2n) is 6.80. The van der Waals surface area contributed by atoms with Gasteiger partial charge >= 0.3 is 163 Å². The molecule has 0 saturated carbocycles. The molecule has 3 aromatic rings. The van der Waals surface area contributed by atoms with Crippen molar-refractivity contribution in [2.24, 2.45) is 0 Å². The molecule has 29 heavy (non-hydrogen) atoms. The van der Waals surface area contributed by atoms with Gasteiger partial charge in [-0.3, -0.25) is 0 Å². The van der Waals surface area contributed by atoms with Crippen molar-refractivity contribution in [1.82, 2.24) is 0 Å². The average Bonchev–Trinajstić information content (AvgIpc) is 3.26. The normalized spacial score (nSPS) is 12.1. The van der Waals surface area contributed by atoms with Crippen molar-refractivity contribution in [3.8, 4) is 0 Å². The van der Waals surface area contributed by atoms with E-state index in [1.165, 1.54) is 0 Å². The number of rotatable bonds is 5. The van der Waals surface area contributed by atoms with E-state index in [4.69, 9.17) is 0 Å². The molecule has 1 aliphatic carbocycles. The van der Waals surface area contributed by atoms with Gasteiger partial charge < -0.3 is 0 Å². The van der Waals surface area contributed by atoms with E-state index in [1.807, 2.05) is 0 Å². The van der Waals surface area contributed by atoms with Gasteiger partial charge in [0.2, 0.25) is 0 Å². The van der Waals surface area contributed by atoms with Gasteiger partial charge in [0.1, 0.15) is 0 Å². The minimum atomic E-state index is -2.03. The molecular weight excluding hydrogens is 471 g/mol. The van der Waals surface area contributed by atoms with E-state index in [0.29, 0.717) is 0 Å². The van der Waals surface area contributed by atoms with Crippen LogP contribution in [0.2, 0.25) is 5.23 Å². The van der Waals surface area contributed by atoms with E-state index in [1.54, 1.807) is 19.4 Å². The molecule has 0 aromatic heterocycles. The summed E-state index contributed by atoms with van der Waals surface area (Å²) in [6, 6.07) is 34.0. The third-order valence-electron chi connectivity index (χ3n) is 5.44. The Morgan fingerprint density at radius 3 is 1.31 bits per heavy atom. The maximum atomic E-state index is 2.61. The molecule has 1 aliphatic rings. The fraction of sp³-hybridized carbons (Fsp3) is 0.0833. The summed E-state index contributed by atoms with van der Waals surface area (Å²) < 4.78 is 1.72. The SMILES string of the molecule is Cl.Cl.Cl.[CH3][Ti]([C]1=CC=CC1)[Si](c1ccccc1)(c1ccccc1)c1ccccc1. The number of halogens is 3. The van der Waals surface area contributed by atoms with Crippen molar-refractivity contribution >= 4 is 58.7 Å². The van der Waals surface area contributed by atoms with Crippen molar-refractivity contribution in [2.75, 3.05) is 0 Å². The first-order valence-electron chi connectivity index (χ1n) is 9.20. The van der Waals surface area contributed by atoms with Crippen molar-refractivity contribution in [1.29, 1.82) is 0 Å². The molecule has 4 rings (SSSR count). The van der Waals surface area contributed by atoms with Crippen molar-refractivity contribution < 1.29 is 17.1 Å². The van der Waals surface area contributed by atoms with Crippen molar-refractivity contribution in [3.63, 3.8) is 0 Å². The van der Waals surface area contributed by atoms with Crippen LogP contribution in [-0.4, -0.2) is 5.94 Å². The Balaban J connectivity index is 0.00000140. The fourth-order valence-electron chi connectivity index (χ4n) is 4.18. The molecule has 0 nitrogen and oxygen atoms in total. The van der Waals surface area contributed by atoms with Gasteiger partial charge in [-0.05, 0) is 0 Å². The van der Waals surface area contributed by atoms with Gasteiger partial charge in [-0.2, -0.15) is 0 Å².